The van der Waals surface area contributed by atoms with Crippen LogP contribution in [0.4, 0.5) is 0 Å². The fraction of sp³-hybridized carbons (Fsp3) is 0.615. The Balaban J connectivity index is 2.39. The van der Waals surface area contributed by atoms with E-state index in [1.807, 2.05) is 0 Å². The van der Waals surface area contributed by atoms with Crippen LogP contribution >= 0.6 is 11.8 Å². The largest absolute Gasteiger partial charge is 0.394 e. The van der Waals surface area contributed by atoms with Crippen LogP contribution in [0.1, 0.15) is 35.3 Å². The van der Waals surface area contributed by atoms with Gasteiger partial charge in [-0.25, -0.2) is 4.79 Å². The molecule has 0 spiro atoms. The zero-order valence-corrected chi connectivity index (χ0v) is 12.5. The van der Waals surface area contributed by atoms with Gasteiger partial charge in [0.1, 0.15) is 5.03 Å². The maximum absolute atomic E-state index is 12.7. The molecule has 1 aliphatic rings. The van der Waals surface area contributed by atoms with Crippen LogP contribution < -0.4 is 5.69 Å². The van der Waals surface area contributed by atoms with E-state index in [4.69, 9.17) is 0 Å². The minimum absolute atomic E-state index is 0.0316. The number of aromatic nitrogens is 2. The topological polar surface area (TPSA) is 86.3 Å². The van der Waals surface area contributed by atoms with E-state index in [0.29, 0.717) is 22.8 Å². The fourth-order valence-corrected chi connectivity index (χ4v) is 3.18. The third kappa shape index (κ3) is 2.88. The van der Waals surface area contributed by atoms with Gasteiger partial charge >= 0.3 is 5.69 Å². The van der Waals surface area contributed by atoms with Gasteiger partial charge in [0.2, 0.25) is 0 Å². The number of carbonyl (C=O) groups is 1. The van der Waals surface area contributed by atoms with Gasteiger partial charge in [-0.15, -0.1) is 11.8 Å². The minimum Gasteiger partial charge on any atom is -0.394 e. The SMILES string of the molecule is CSc1nc(=O)[nH]c(C)c1C(=O)N1CCCCC1CO. The molecule has 0 aromatic carbocycles. The Labute approximate surface area is 121 Å². The second-order valence-corrected chi connectivity index (χ2v) is 5.68. The number of carbonyl (C=O) groups excluding carboxylic acids is 1. The van der Waals surface area contributed by atoms with Crippen LogP contribution in [-0.2, 0) is 0 Å². The van der Waals surface area contributed by atoms with Crippen LogP contribution in [-0.4, -0.2) is 51.3 Å². The van der Waals surface area contributed by atoms with E-state index >= 15 is 0 Å². The van der Waals surface area contributed by atoms with Gasteiger partial charge in [0.25, 0.3) is 5.91 Å². The molecule has 0 saturated carbocycles. The van der Waals surface area contributed by atoms with Gasteiger partial charge < -0.3 is 15.0 Å². The summed E-state index contributed by atoms with van der Waals surface area (Å²) in [7, 11) is 0. The number of aliphatic hydroxyl groups excluding tert-OH is 1. The highest BCUT2D eigenvalue weighted by Crippen LogP contribution is 2.24. The van der Waals surface area contributed by atoms with Crippen molar-refractivity contribution < 1.29 is 9.90 Å². The van der Waals surface area contributed by atoms with Crippen LogP contribution in [0.15, 0.2) is 9.82 Å². The van der Waals surface area contributed by atoms with Gasteiger partial charge in [0.15, 0.2) is 0 Å². The van der Waals surface area contributed by atoms with Crippen molar-refractivity contribution in [2.45, 2.75) is 37.3 Å². The van der Waals surface area contributed by atoms with Gasteiger partial charge in [-0.3, -0.25) is 4.79 Å². The minimum atomic E-state index is -0.444. The number of H-pyrrole nitrogens is 1. The zero-order valence-electron chi connectivity index (χ0n) is 11.7. The first kappa shape index (κ1) is 15.1. The number of aliphatic hydroxyl groups is 1. The van der Waals surface area contributed by atoms with Crippen molar-refractivity contribution >= 4 is 17.7 Å². The molecule has 1 unspecified atom stereocenters. The van der Waals surface area contributed by atoms with Crippen LogP contribution in [0.25, 0.3) is 0 Å². The summed E-state index contributed by atoms with van der Waals surface area (Å²) in [6.45, 7) is 2.31. The first-order chi connectivity index (χ1) is 9.58. The molecule has 7 heteroatoms. The standard InChI is InChI=1S/C13H19N3O3S/c1-8-10(11(20-2)15-13(19)14-8)12(18)16-6-4-3-5-9(16)7-17/h9,17H,3-7H2,1-2H3,(H,14,15,19). The Hall–Kier alpha value is -1.34. The molecule has 20 heavy (non-hydrogen) atoms. The van der Waals surface area contributed by atoms with E-state index in [-0.39, 0.29) is 18.6 Å². The zero-order chi connectivity index (χ0) is 14.7. The summed E-state index contributed by atoms with van der Waals surface area (Å²) >= 11 is 1.28. The molecule has 1 aliphatic heterocycles. The van der Waals surface area contributed by atoms with E-state index in [9.17, 15) is 14.7 Å². The highest BCUT2D eigenvalue weighted by molar-refractivity contribution is 7.98. The number of likely N-dealkylation sites (tertiary alicyclic amines) is 1. The molecule has 110 valence electrons. The van der Waals surface area contributed by atoms with Gasteiger partial charge in [-0.2, -0.15) is 4.98 Å². The molecule has 0 radical (unpaired) electrons. The van der Waals surface area contributed by atoms with Crippen LogP contribution in [0.5, 0.6) is 0 Å². The number of aromatic amines is 1. The second-order valence-electron chi connectivity index (χ2n) is 4.88. The smallest absolute Gasteiger partial charge is 0.346 e. The van der Waals surface area contributed by atoms with Crippen molar-refractivity contribution in [3.8, 4) is 0 Å². The number of nitrogens with one attached hydrogen (secondary N) is 1. The summed E-state index contributed by atoms with van der Waals surface area (Å²) in [4.78, 5) is 32.3. The molecule has 2 rings (SSSR count). The third-order valence-corrected chi connectivity index (χ3v) is 4.27. The molecule has 0 aliphatic carbocycles. The maximum Gasteiger partial charge on any atom is 0.346 e. The van der Waals surface area contributed by atoms with E-state index in [0.717, 1.165) is 19.3 Å². The quantitative estimate of drug-likeness (QED) is 0.636. The number of thioether (sulfide) groups is 1. The average molecular weight is 297 g/mol. The molecule has 1 saturated heterocycles. The van der Waals surface area contributed by atoms with E-state index in [1.54, 1.807) is 18.1 Å². The van der Waals surface area contributed by atoms with Gasteiger partial charge in [-0.1, -0.05) is 0 Å². The summed E-state index contributed by atoms with van der Waals surface area (Å²) < 4.78 is 0. The lowest BCUT2D eigenvalue weighted by Gasteiger charge is -2.35. The monoisotopic (exact) mass is 297 g/mol. The van der Waals surface area contributed by atoms with Crippen molar-refractivity contribution in [1.29, 1.82) is 0 Å². The van der Waals surface area contributed by atoms with Crippen molar-refractivity contribution in [2.75, 3.05) is 19.4 Å². The molecular weight excluding hydrogens is 278 g/mol. The Morgan fingerprint density at radius 3 is 2.95 bits per heavy atom. The highest BCUT2D eigenvalue weighted by atomic mass is 32.2. The number of hydrogen-bond donors (Lipinski definition) is 2. The molecule has 1 fully saturated rings. The lowest BCUT2D eigenvalue weighted by molar-refractivity contribution is 0.0497. The Morgan fingerprint density at radius 1 is 1.55 bits per heavy atom. The molecule has 2 N–H and O–H groups in total. The lowest BCUT2D eigenvalue weighted by atomic mass is 10.0. The average Bonchev–Trinajstić information content (AvgIpc) is 2.45. The summed E-state index contributed by atoms with van der Waals surface area (Å²) in [6, 6.07) is -0.141. The van der Waals surface area contributed by atoms with Crippen molar-refractivity contribution in [1.82, 2.24) is 14.9 Å². The van der Waals surface area contributed by atoms with Crippen molar-refractivity contribution in [3.05, 3.63) is 21.7 Å². The molecular formula is C13H19N3O3S. The Kier molecular flexibility index (Phi) is 4.82. The molecule has 2 heterocycles. The van der Waals surface area contributed by atoms with Crippen molar-refractivity contribution in [3.63, 3.8) is 0 Å². The van der Waals surface area contributed by atoms with Gasteiger partial charge in [0, 0.05) is 12.2 Å². The number of amides is 1. The first-order valence-corrected chi connectivity index (χ1v) is 7.87. The second kappa shape index (κ2) is 6.41. The number of piperidine rings is 1. The van der Waals surface area contributed by atoms with Gasteiger partial charge in [0.05, 0.1) is 18.2 Å². The van der Waals surface area contributed by atoms with E-state index in [1.165, 1.54) is 11.8 Å². The maximum atomic E-state index is 12.7. The summed E-state index contributed by atoms with van der Waals surface area (Å²) in [5.74, 6) is -0.158. The van der Waals surface area contributed by atoms with Crippen LogP contribution in [0, 0.1) is 6.92 Å². The highest BCUT2D eigenvalue weighted by Gasteiger charge is 2.29. The molecule has 1 aromatic heterocycles. The summed E-state index contributed by atoms with van der Waals surface area (Å²) in [6.07, 6.45) is 4.56. The molecule has 1 aromatic rings. The molecule has 0 bridgehead atoms. The van der Waals surface area contributed by atoms with E-state index in [2.05, 4.69) is 9.97 Å². The van der Waals surface area contributed by atoms with E-state index < -0.39 is 5.69 Å². The van der Waals surface area contributed by atoms with Crippen LogP contribution in [0.2, 0.25) is 0 Å². The number of hydrogen-bond acceptors (Lipinski definition) is 5. The molecule has 1 amide bonds. The number of rotatable bonds is 3. The first-order valence-electron chi connectivity index (χ1n) is 6.65. The third-order valence-electron chi connectivity index (χ3n) is 3.59. The van der Waals surface area contributed by atoms with Crippen LogP contribution in [0.3, 0.4) is 0 Å². The van der Waals surface area contributed by atoms with Gasteiger partial charge in [-0.05, 0) is 32.4 Å². The summed E-state index contributed by atoms with van der Waals surface area (Å²) in [5.41, 5.74) is 0.528. The number of aryl methyl sites for hydroxylation is 1. The predicted molar refractivity (Wildman–Crippen MR) is 77.1 cm³/mol. The lowest BCUT2D eigenvalue weighted by Crippen LogP contribution is -2.46. The fourth-order valence-electron chi connectivity index (χ4n) is 2.56. The van der Waals surface area contributed by atoms with Crippen molar-refractivity contribution in [2.24, 2.45) is 0 Å². The Bertz CT molecular complexity index is 558. The summed E-state index contributed by atoms with van der Waals surface area (Å²) in [5, 5.41) is 9.87. The Morgan fingerprint density at radius 2 is 2.30 bits per heavy atom. The molecule has 6 nitrogen and oxygen atoms in total. The number of nitrogens with zero attached hydrogens (tertiary/aromatic N) is 2. The molecule has 1 atom stereocenters. The normalized spacial score (nSPS) is 19.1. The predicted octanol–water partition coefficient (Wildman–Crippen LogP) is 0.787.